The molecule has 0 aliphatic rings. The summed E-state index contributed by atoms with van der Waals surface area (Å²) < 4.78 is 0. The fourth-order valence-corrected chi connectivity index (χ4v) is 1.56. The van der Waals surface area contributed by atoms with E-state index in [0.717, 1.165) is 5.56 Å². The molecule has 0 aliphatic heterocycles. The van der Waals surface area contributed by atoms with Gasteiger partial charge in [0.2, 0.25) is 0 Å². The highest BCUT2D eigenvalue weighted by Crippen LogP contribution is 2.19. The molecular weight excluding hydrogens is 188 g/mol. The number of H-pyrrole nitrogens is 1. The maximum absolute atomic E-state index is 11.4. The molecule has 0 saturated heterocycles. The Balaban J connectivity index is 3.09. The maximum atomic E-state index is 11.4. The molecule has 0 unspecified atom stereocenters. The zero-order valence-corrected chi connectivity index (χ0v) is 7.72. The number of hydrogen-bond acceptors (Lipinski definition) is 2. The lowest BCUT2D eigenvalue weighted by Gasteiger charge is -2.00. The summed E-state index contributed by atoms with van der Waals surface area (Å²) >= 11 is 5.82. The first-order chi connectivity index (χ1) is 6.20. The van der Waals surface area contributed by atoms with Crippen molar-refractivity contribution in [1.29, 1.82) is 0 Å². The van der Waals surface area contributed by atoms with Crippen molar-refractivity contribution in [2.45, 2.75) is 6.92 Å². The average molecular weight is 195 g/mol. The van der Waals surface area contributed by atoms with Crippen LogP contribution < -0.4 is 5.56 Å². The van der Waals surface area contributed by atoms with Crippen molar-refractivity contribution in [1.82, 2.24) is 10.2 Å². The van der Waals surface area contributed by atoms with Crippen LogP contribution in [0.5, 0.6) is 0 Å². The second-order valence-corrected chi connectivity index (χ2v) is 3.20. The van der Waals surface area contributed by atoms with E-state index < -0.39 is 0 Å². The third-order valence-electron chi connectivity index (χ3n) is 1.98. The van der Waals surface area contributed by atoms with Gasteiger partial charge in [-0.1, -0.05) is 29.8 Å². The van der Waals surface area contributed by atoms with E-state index in [0.29, 0.717) is 15.9 Å². The van der Waals surface area contributed by atoms with Crippen LogP contribution in [0.1, 0.15) is 5.56 Å². The van der Waals surface area contributed by atoms with E-state index >= 15 is 0 Å². The van der Waals surface area contributed by atoms with Crippen molar-refractivity contribution in [3.63, 3.8) is 0 Å². The minimum atomic E-state index is -0.197. The fraction of sp³-hybridized carbons (Fsp3) is 0.111. The van der Waals surface area contributed by atoms with E-state index in [1.54, 1.807) is 6.07 Å². The zero-order valence-electron chi connectivity index (χ0n) is 6.97. The minimum Gasteiger partial charge on any atom is -0.267 e. The molecule has 2 aromatic rings. The third kappa shape index (κ3) is 1.21. The van der Waals surface area contributed by atoms with E-state index in [2.05, 4.69) is 10.2 Å². The second-order valence-electron chi connectivity index (χ2n) is 2.84. The summed E-state index contributed by atoms with van der Waals surface area (Å²) in [6.45, 7) is 1.87. The maximum Gasteiger partial charge on any atom is 0.272 e. The molecule has 0 bridgehead atoms. The van der Waals surface area contributed by atoms with Crippen molar-refractivity contribution >= 4 is 22.4 Å². The van der Waals surface area contributed by atoms with Crippen LogP contribution in [0.2, 0.25) is 5.15 Å². The van der Waals surface area contributed by atoms with Gasteiger partial charge in [-0.05, 0) is 12.5 Å². The van der Waals surface area contributed by atoms with Crippen LogP contribution in [0.25, 0.3) is 10.8 Å². The molecule has 4 heteroatoms. The monoisotopic (exact) mass is 194 g/mol. The highest BCUT2D eigenvalue weighted by molar-refractivity contribution is 6.34. The molecule has 1 aromatic carbocycles. The standard InChI is InChI=1S/C9H7ClN2O/c1-5-3-2-4-6-7(5)9(13)12-11-8(6)10/h2-4H,1H3,(H,12,13). The van der Waals surface area contributed by atoms with Crippen molar-refractivity contribution in [2.75, 3.05) is 0 Å². The van der Waals surface area contributed by atoms with Gasteiger partial charge in [0, 0.05) is 5.39 Å². The molecule has 0 radical (unpaired) electrons. The van der Waals surface area contributed by atoms with Gasteiger partial charge in [0.05, 0.1) is 5.39 Å². The largest absolute Gasteiger partial charge is 0.272 e. The average Bonchev–Trinajstić information content (AvgIpc) is 2.12. The molecule has 0 spiro atoms. The molecule has 0 atom stereocenters. The number of aromatic nitrogens is 2. The topological polar surface area (TPSA) is 45.8 Å². The van der Waals surface area contributed by atoms with Crippen molar-refractivity contribution in [3.8, 4) is 0 Å². The Hall–Kier alpha value is -1.35. The molecule has 1 N–H and O–H groups in total. The number of hydrogen-bond donors (Lipinski definition) is 1. The van der Waals surface area contributed by atoms with Gasteiger partial charge in [0.25, 0.3) is 5.56 Å². The van der Waals surface area contributed by atoms with Crippen LogP contribution in [0, 0.1) is 6.92 Å². The Labute approximate surface area is 79.4 Å². The van der Waals surface area contributed by atoms with Crippen LogP contribution in [-0.4, -0.2) is 10.2 Å². The van der Waals surface area contributed by atoms with Gasteiger partial charge in [-0.25, -0.2) is 5.10 Å². The SMILES string of the molecule is Cc1cccc2c(Cl)n[nH]c(=O)c12. The van der Waals surface area contributed by atoms with E-state index in [1.165, 1.54) is 0 Å². The number of halogens is 1. The summed E-state index contributed by atoms with van der Waals surface area (Å²) in [6, 6.07) is 5.51. The van der Waals surface area contributed by atoms with Crippen molar-refractivity contribution in [3.05, 3.63) is 39.3 Å². The minimum absolute atomic E-state index is 0.197. The summed E-state index contributed by atoms with van der Waals surface area (Å²) in [5.74, 6) is 0. The summed E-state index contributed by atoms with van der Waals surface area (Å²) in [5, 5.41) is 7.67. The summed E-state index contributed by atoms with van der Waals surface area (Å²) in [4.78, 5) is 11.4. The van der Waals surface area contributed by atoms with Gasteiger partial charge >= 0.3 is 0 Å². The van der Waals surface area contributed by atoms with Crippen LogP contribution in [0.15, 0.2) is 23.0 Å². The first-order valence-corrected chi connectivity index (χ1v) is 4.21. The Morgan fingerprint density at radius 1 is 1.46 bits per heavy atom. The number of rotatable bonds is 0. The molecule has 66 valence electrons. The molecule has 1 heterocycles. The van der Waals surface area contributed by atoms with E-state index in [-0.39, 0.29) is 5.56 Å². The van der Waals surface area contributed by atoms with Gasteiger partial charge in [0.15, 0.2) is 5.15 Å². The lowest BCUT2D eigenvalue weighted by Crippen LogP contribution is -2.09. The molecular formula is C9H7ClN2O. The molecule has 0 aliphatic carbocycles. The lowest BCUT2D eigenvalue weighted by molar-refractivity contribution is 1.01. The van der Waals surface area contributed by atoms with Crippen LogP contribution in [0.4, 0.5) is 0 Å². The molecule has 0 amide bonds. The molecule has 13 heavy (non-hydrogen) atoms. The molecule has 3 nitrogen and oxygen atoms in total. The first-order valence-electron chi connectivity index (χ1n) is 3.83. The van der Waals surface area contributed by atoms with Crippen LogP contribution in [0.3, 0.4) is 0 Å². The van der Waals surface area contributed by atoms with E-state index in [9.17, 15) is 4.79 Å². The predicted molar refractivity (Wildman–Crippen MR) is 52.1 cm³/mol. The quantitative estimate of drug-likeness (QED) is 0.696. The number of aryl methyl sites for hydroxylation is 1. The van der Waals surface area contributed by atoms with Gasteiger partial charge in [-0.15, -0.1) is 0 Å². The Morgan fingerprint density at radius 3 is 2.92 bits per heavy atom. The Bertz CT molecular complexity index is 518. The third-order valence-corrected chi connectivity index (χ3v) is 2.27. The zero-order chi connectivity index (χ0) is 9.42. The van der Waals surface area contributed by atoms with Crippen molar-refractivity contribution < 1.29 is 0 Å². The highest BCUT2D eigenvalue weighted by atomic mass is 35.5. The summed E-state index contributed by atoms with van der Waals surface area (Å²) in [6.07, 6.45) is 0. The number of benzene rings is 1. The summed E-state index contributed by atoms with van der Waals surface area (Å²) in [7, 11) is 0. The van der Waals surface area contributed by atoms with Crippen LogP contribution >= 0.6 is 11.6 Å². The highest BCUT2D eigenvalue weighted by Gasteiger charge is 2.05. The van der Waals surface area contributed by atoms with Gasteiger partial charge in [0.1, 0.15) is 0 Å². The molecule has 0 fully saturated rings. The second kappa shape index (κ2) is 2.85. The molecule has 1 aromatic heterocycles. The summed E-state index contributed by atoms with van der Waals surface area (Å²) in [5.41, 5.74) is 0.709. The van der Waals surface area contributed by atoms with Crippen molar-refractivity contribution in [2.24, 2.45) is 0 Å². The van der Waals surface area contributed by atoms with Gasteiger partial charge in [-0.2, -0.15) is 5.10 Å². The number of aromatic amines is 1. The van der Waals surface area contributed by atoms with Crippen LogP contribution in [-0.2, 0) is 0 Å². The van der Waals surface area contributed by atoms with E-state index in [1.807, 2.05) is 19.1 Å². The lowest BCUT2D eigenvalue weighted by atomic mass is 10.1. The predicted octanol–water partition coefficient (Wildman–Crippen LogP) is 1.88. The number of nitrogens with one attached hydrogen (secondary N) is 1. The first kappa shape index (κ1) is 8.26. The smallest absolute Gasteiger partial charge is 0.267 e. The molecule has 2 rings (SSSR count). The fourth-order valence-electron chi connectivity index (χ4n) is 1.36. The van der Waals surface area contributed by atoms with Gasteiger partial charge in [-0.3, -0.25) is 4.79 Å². The number of fused-ring (bicyclic) bond motifs is 1. The van der Waals surface area contributed by atoms with E-state index in [4.69, 9.17) is 11.6 Å². The molecule has 0 saturated carbocycles. The normalized spacial score (nSPS) is 10.6. The Kier molecular flexibility index (Phi) is 1.81. The Morgan fingerprint density at radius 2 is 2.23 bits per heavy atom. The number of nitrogens with zero attached hydrogens (tertiary/aromatic N) is 1. The van der Waals surface area contributed by atoms with Gasteiger partial charge < -0.3 is 0 Å².